The first-order valence-corrected chi connectivity index (χ1v) is 16.4. The SMILES string of the molecule is CC1CCC2(OC1)OC1CC3C4CC=C5CC(O)CC(OC6OC(C)C(O)C(O)C6O)C5(C)C4CCC3(C)C1C2C. The molecule has 6 fully saturated rings. The smallest absolute Gasteiger partial charge is 0.186 e. The van der Waals surface area contributed by atoms with Crippen molar-refractivity contribution in [2.24, 2.45) is 46.3 Å². The Balaban J connectivity index is 1.15. The summed E-state index contributed by atoms with van der Waals surface area (Å²) >= 11 is 0. The first kappa shape index (κ1) is 29.1. The van der Waals surface area contributed by atoms with Crippen LogP contribution in [0.5, 0.6) is 0 Å². The first-order valence-electron chi connectivity index (χ1n) is 16.4. The molecule has 17 unspecified atom stereocenters. The highest BCUT2D eigenvalue weighted by molar-refractivity contribution is 5.28. The third kappa shape index (κ3) is 4.14. The highest BCUT2D eigenvalue weighted by atomic mass is 16.7. The zero-order valence-corrected chi connectivity index (χ0v) is 25.4. The van der Waals surface area contributed by atoms with Crippen LogP contribution in [0.25, 0.3) is 0 Å². The standard InChI is InChI=1S/C33H52O8/c1-16-8-11-33(38-15-16)17(2)26-24(41-33)14-23-21-7-6-19-12-20(34)13-25(32(19,5)22(21)9-10-31(23,26)4)40-30-29(37)28(36)27(35)18(3)39-30/h6,16-18,20-30,34-37H,7-15H2,1-5H3. The van der Waals surface area contributed by atoms with Gasteiger partial charge in [-0.1, -0.05) is 39.3 Å². The van der Waals surface area contributed by atoms with Crippen LogP contribution in [0.15, 0.2) is 11.6 Å². The van der Waals surface area contributed by atoms with Gasteiger partial charge in [-0.2, -0.15) is 0 Å². The van der Waals surface area contributed by atoms with Crippen molar-refractivity contribution < 1.29 is 39.4 Å². The van der Waals surface area contributed by atoms with E-state index in [9.17, 15) is 20.4 Å². The van der Waals surface area contributed by atoms with Crippen molar-refractivity contribution in [3.63, 3.8) is 0 Å². The molecule has 1 spiro atoms. The predicted molar refractivity (Wildman–Crippen MR) is 150 cm³/mol. The fraction of sp³-hybridized carbons (Fsp3) is 0.939. The van der Waals surface area contributed by atoms with E-state index in [0.29, 0.717) is 48.3 Å². The van der Waals surface area contributed by atoms with Crippen molar-refractivity contribution in [3.05, 3.63) is 11.6 Å². The lowest BCUT2D eigenvalue weighted by Crippen LogP contribution is -2.61. The number of hydrogen-bond acceptors (Lipinski definition) is 8. The largest absolute Gasteiger partial charge is 0.393 e. The van der Waals surface area contributed by atoms with Crippen molar-refractivity contribution in [3.8, 4) is 0 Å². The highest BCUT2D eigenvalue weighted by Crippen LogP contribution is 2.70. The molecule has 7 rings (SSSR count). The van der Waals surface area contributed by atoms with E-state index < -0.39 is 42.6 Å². The number of aliphatic hydroxyl groups is 4. The van der Waals surface area contributed by atoms with E-state index >= 15 is 0 Å². The molecule has 3 aliphatic heterocycles. The summed E-state index contributed by atoms with van der Waals surface area (Å²) in [5, 5.41) is 42.3. The van der Waals surface area contributed by atoms with Crippen LogP contribution in [-0.4, -0.2) is 81.8 Å². The summed E-state index contributed by atoms with van der Waals surface area (Å²) in [5.74, 6) is 2.51. The van der Waals surface area contributed by atoms with Crippen LogP contribution >= 0.6 is 0 Å². The second-order valence-electron chi connectivity index (χ2n) is 15.5. The molecule has 232 valence electrons. The van der Waals surface area contributed by atoms with Crippen LogP contribution in [-0.2, 0) is 18.9 Å². The zero-order valence-electron chi connectivity index (χ0n) is 25.4. The van der Waals surface area contributed by atoms with Crippen molar-refractivity contribution in [1.82, 2.24) is 0 Å². The lowest BCUT2D eigenvalue weighted by molar-refractivity contribution is -0.318. The van der Waals surface area contributed by atoms with Crippen LogP contribution in [0.2, 0.25) is 0 Å². The number of hydrogen-bond donors (Lipinski definition) is 4. The minimum atomic E-state index is -1.35. The van der Waals surface area contributed by atoms with Crippen molar-refractivity contribution in [2.75, 3.05) is 6.61 Å². The average molecular weight is 577 g/mol. The molecule has 3 saturated carbocycles. The molecule has 41 heavy (non-hydrogen) atoms. The van der Waals surface area contributed by atoms with E-state index in [1.165, 1.54) is 12.0 Å². The molecule has 0 amide bonds. The van der Waals surface area contributed by atoms with E-state index in [1.54, 1.807) is 6.92 Å². The predicted octanol–water partition coefficient (Wildman–Crippen LogP) is 3.54. The Bertz CT molecular complexity index is 1040. The number of fused-ring (bicyclic) bond motifs is 7. The molecule has 8 nitrogen and oxygen atoms in total. The first-order chi connectivity index (χ1) is 19.4. The lowest BCUT2D eigenvalue weighted by atomic mass is 9.46. The van der Waals surface area contributed by atoms with Crippen LogP contribution in [0, 0.1) is 46.3 Å². The number of ether oxygens (including phenoxy) is 4. The molecule has 7 aliphatic rings. The van der Waals surface area contributed by atoms with Gasteiger partial charge in [0.25, 0.3) is 0 Å². The number of allylic oxidation sites excluding steroid dienone is 1. The Labute approximate surface area is 244 Å². The minimum absolute atomic E-state index is 0.200. The number of rotatable bonds is 2. The molecule has 3 heterocycles. The summed E-state index contributed by atoms with van der Waals surface area (Å²) in [5.41, 5.74) is 1.16. The number of aliphatic hydroxyl groups excluding tert-OH is 4. The van der Waals surface area contributed by atoms with Crippen molar-refractivity contribution in [1.29, 1.82) is 0 Å². The molecule has 0 radical (unpaired) electrons. The Kier molecular flexibility index (Phi) is 7.08. The molecule has 0 aromatic heterocycles. The summed E-state index contributed by atoms with van der Waals surface area (Å²) in [7, 11) is 0. The molecule has 0 aromatic rings. The van der Waals surface area contributed by atoms with Crippen molar-refractivity contribution in [2.45, 2.75) is 141 Å². The molecule has 0 bridgehead atoms. The van der Waals surface area contributed by atoms with Gasteiger partial charge < -0.3 is 39.4 Å². The maximum Gasteiger partial charge on any atom is 0.186 e. The van der Waals surface area contributed by atoms with Crippen LogP contribution in [0.3, 0.4) is 0 Å². The summed E-state index contributed by atoms with van der Waals surface area (Å²) < 4.78 is 25.9. The minimum Gasteiger partial charge on any atom is -0.393 e. The fourth-order valence-electron chi connectivity index (χ4n) is 11.2. The normalized spacial score (nSPS) is 60.2. The molecular formula is C33H52O8. The zero-order chi connectivity index (χ0) is 29.1. The van der Waals surface area contributed by atoms with E-state index in [1.807, 2.05) is 0 Å². The quantitative estimate of drug-likeness (QED) is 0.369. The van der Waals surface area contributed by atoms with Gasteiger partial charge in [-0.15, -0.1) is 0 Å². The van der Waals surface area contributed by atoms with Crippen LogP contribution in [0.1, 0.15) is 86.0 Å². The van der Waals surface area contributed by atoms with Gasteiger partial charge in [0.2, 0.25) is 0 Å². The molecule has 3 saturated heterocycles. The Hall–Kier alpha value is -0.580. The summed E-state index contributed by atoms with van der Waals surface area (Å²) in [4.78, 5) is 0. The van der Waals surface area contributed by atoms with E-state index in [2.05, 4.69) is 33.8 Å². The topological polar surface area (TPSA) is 118 Å². The van der Waals surface area contributed by atoms with Gasteiger partial charge in [0.1, 0.15) is 18.3 Å². The summed E-state index contributed by atoms with van der Waals surface area (Å²) in [6.45, 7) is 12.0. The van der Waals surface area contributed by atoms with E-state index in [-0.39, 0.29) is 23.0 Å². The lowest BCUT2D eigenvalue weighted by Gasteiger charge is -2.60. The van der Waals surface area contributed by atoms with E-state index in [4.69, 9.17) is 18.9 Å². The summed E-state index contributed by atoms with van der Waals surface area (Å²) in [6.07, 6.45) is 3.78. The van der Waals surface area contributed by atoms with Gasteiger partial charge in [-0.25, -0.2) is 0 Å². The fourth-order valence-corrected chi connectivity index (χ4v) is 11.2. The van der Waals surface area contributed by atoms with Gasteiger partial charge in [0.05, 0.1) is 31.0 Å². The highest BCUT2D eigenvalue weighted by Gasteiger charge is 2.69. The maximum absolute atomic E-state index is 10.9. The summed E-state index contributed by atoms with van der Waals surface area (Å²) in [6, 6.07) is 0. The third-order valence-corrected chi connectivity index (χ3v) is 13.5. The second-order valence-corrected chi connectivity index (χ2v) is 15.5. The van der Waals surface area contributed by atoms with Crippen LogP contribution < -0.4 is 0 Å². The maximum atomic E-state index is 10.9. The Morgan fingerprint density at radius 2 is 1.71 bits per heavy atom. The van der Waals surface area contributed by atoms with Gasteiger partial charge >= 0.3 is 0 Å². The van der Waals surface area contributed by atoms with Gasteiger partial charge in [0, 0.05) is 24.2 Å². The molecule has 4 N–H and O–H groups in total. The van der Waals surface area contributed by atoms with Crippen LogP contribution in [0.4, 0.5) is 0 Å². The second kappa shape index (κ2) is 9.96. The Morgan fingerprint density at radius 3 is 2.44 bits per heavy atom. The average Bonchev–Trinajstić information content (AvgIpc) is 3.38. The molecule has 4 aliphatic carbocycles. The monoisotopic (exact) mass is 576 g/mol. The molecule has 8 heteroatoms. The molecule has 0 aromatic carbocycles. The molecular weight excluding hydrogens is 524 g/mol. The van der Waals surface area contributed by atoms with Gasteiger partial charge in [0.15, 0.2) is 12.1 Å². The van der Waals surface area contributed by atoms with Crippen molar-refractivity contribution >= 4 is 0 Å². The molecule has 17 atom stereocenters. The van der Waals surface area contributed by atoms with E-state index in [0.717, 1.165) is 38.7 Å². The van der Waals surface area contributed by atoms with Gasteiger partial charge in [-0.3, -0.25) is 0 Å². The third-order valence-electron chi connectivity index (χ3n) is 13.5. The Morgan fingerprint density at radius 1 is 0.927 bits per heavy atom. The van der Waals surface area contributed by atoms with Gasteiger partial charge in [-0.05, 0) is 80.5 Å².